The first-order chi connectivity index (χ1) is 10.1. The van der Waals surface area contributed by atoms with Gasteiger partial charge in [0.2, 0.25) is 5.91 Å². The average molecular weight is 301 g/mol. The van der Waals surface area contributed by atoms with Gasteiger partial charge in [-0.15, -0.1) is 11.3 Å². The number of fused-ring (bicyclic) bond motifs is 1. The van der Waals surface area contributed by atoms with Crippen molar-refractivity contribution in [1.29, 1.82) is 0 Å². The molecule has 1 atom stereocenters. The molecule has 4 nitrogen and oxygen atoms in total. The number of nitrogens with two attached hydrogens (primary N) is 1. The van der Waals surface area contributed by atoms with Crippen molar-refractivity contribution in [3.63, 3.8) is 0 Å². The summed E-state index contributed by atoms with van der Waals surface area (Å²) < 4.78 is 0. The zero-order chi connectivity index (χ0) is 15.0. The van der Waals surface area contributed by atoms with Gasteiger partial charge < -0.3 is 16.0 Å². The topological polar surface area (TPSA) is 58.4 Å². The molecule has 2 aromatic rings. The molecule has 2 heterocycles. The van der Waals surface area contributed by atoms with Crippen LogP contribution < -0.4 is 16.0 Å². The molecule has 0 bridgehead atoms. The highest BCUT2D eigenvalue weighted by Crippen LogP contribution is 2.36. The molecule has 0 saturated heterocycles. The van der Waals surface area contributed by atoms with Gasteiger partial charge in [0.1, 0.15) is 0 Å². The molecular formula is C16H19N3OS. The van der Waals surface area contributed by atoms with Crippen LogP contribution in [-0.4, -0.2) is 13.0 Å². The van der Waals surface area contributed by atoms with Gasteiger partial charge in [-0.05, 0) is 42.5 Å². The van der Waals surface area contributed by atoms with E-state index in [1.54, 1.807) is 11.3 Å². The number of rotatable bonds is 3. The van der Waals surface area contributed by atoms with Crippen LogP contribution in [0.4, 0.5) is 17.1 Å². The zero-order valence-corrected chi connectivity index (χ0v) is 13.0. The summed E-state index contributed by atoms with van der Waals surface area (Å²) in [7, 11) is 2.06. The van der Waals surface area contributed by atoms with Gasteiger partial charge in [-0.1, -0.05) is 6.07 Å². The van der Waals surface area contributed by atoms with E-state index in [1.807, 2.05) is 6.07 Å². The Morgan fingerprint density at radius 3 is 2.90 bits per heavy atom. The third-order valence-corrected chi connectivity index (χ3v) is 5.11. The van der Waals surface area contributed by atoms with Gasteiger partial charge in [0.25, 0.3) is 0 Å². The van der Waals surface area contributed by atoms with Crippen LogP contribution >= 0.6 is 11.3 Å². The van der Waals surface area contributed by atoms with Crippen molar-refractivity contribution in [3.8, 4) is 0 Å². The largest absolute Gasteiger partial charge is 0.397 e. The van der Waals surface area contributed by atoms with Crippen molar-refractivity contribution in [2.45, 2.75) is 25.8 Å². The van der Waals surface area contributed by atoms with E-state index in [1.165, 1.54) is 4.88 Å². The van der Waals surface area contributed by atoms with Gasteiger partial charge >= 0.3 is 0 Å². The number of carbonyl (C=O) groups excluding carboxylic acids is 1. The first-order valence-electron chi connectivity index (χ1n) is 7.04. The van der Waals surface area contributed by atoms with Gasteiger partial charge in [0.05, 0.1) is 17.4 Å². The number of benzene rings is 1. The van der Waals surface area contributed by atoms with Gasteiger partial charge in [-0.2, -0.15) is 0 Å². The second-order valence-corrected chi connectivity index (χ2v) is 6.40. The molecular weight excluding hydrogens is 282 g/mol. The Morgan fingerprint density at radius 1 is 1.38 bits per heavy atom. The van der Waals surface area contributed by atoms with Crippen LogP contribution in [0.2, 0.25) is 0 Å². The van der Waals surface area contributed by atoms with Crippen LogP contribution in [0.15, 0.2) is 29.6 Å². The van der Waals surface area contributed by atoms with Crippen LogP contribution in [0.5, 0.6) is 0 Å². The molecule has 0 aliphatic carbocycles. The smallest absolute Gasteiger partial charge is 0.224 e. The predicted octanol–water partition coefficient (Wildman–Crippen LogP) is 3.41. The molecule has 1 unspecified atom stereocenters. The number of nitrogens with one attached hydrogen (secondary N) is 1. The van der Waals surface area contributed by atoms with E-state index in [2.05, 4.69) is 47.8 Å². The Morgan fingerprint density at radius 2 is 2.19 bits per heavy atom. The van der Waals surface area contributed by atoms with E-state index in [0.29, 0.717) is 12.1 Å². The van der Waals surface area contributed by atoms with E-state index < -0.39 is 0 Å². The molecule has 110 valence electrons. The van der Waals surface area contributed by atoms with Crippen molar-refractivity contribution in [1.82, 2.24) is 0 Å². The highest BCUT2D eigenvalue weighted by atomic mass is 32.1. The Labute approximate surface area is 128 Å². The molecule has 1 amide bonds. The van der Waals surface area contributed by atoms with Crippen LogP contribution in [0, 0.1) is 0 Å². The molecule has 1 aromatic heterocycles. The highest BCUT2D eigenvalue weighted by molar-refractivity contribution is 7.10. The van der Waals surface area contributed by atoms with E-state index in [9.17, 15) is 4.79 Å². The third-order valence-electron chi connectivity index (χ3n) is 4.06. The maximum absolute atomic E-state index is 11.5. The number of aryl methyl sites for hydroxylation is 1. The first kappa shape index (κ1) is 13.9. The van der Waals surface area contributed by atoms with E-state index >= 15 is 0 Å². The number of nitrogen functional groups attached to an aromatic ring is 1. The summed E-state index contributed by atoms with van der Waals surface area (Å²) in [6, 6.07) is 8.45. The third kappa shape index (κ3) is 2.61. The standard InChI is InChI=1S/C16H19N3OS/c1-10(15-4-3-7-21-15)19(2)14-8-11-5-6-16(20)18-13(11)9-12(14)17/h3-4,7-10H,5-6,17H2,1-2H3,(H,18,20). The number of hydrogen-bond acceptors (Lipinski definition) is 4. The summed E-state index contributed by atoms with van der Waals surface area (Å²) in [5.41, 5.74) is 9.92. The van der Waals surface area contributed by atoms with E-state index in [-0.39, 0.29) is 11.9 Å². The highest BCUT2D eigenvalue weighted by Gasteiger charge is 2.20. The molecule has 5 heteroatoms. The van der Waals surface area contributed by atoms with Gasteiger partial charge in [0, 0.05) is 24.0 Å². The van der Waals surface area contributed by atoms with Crippen LogP contribution in [0.3, 0.4) is 0 Å². The summed E-state index contributed by atoms with van der Waals surface area (Å²) in [6.07, 6.45) is 1.32. The predicted molar refractivity (Wildman–Crippen MR) is 88.9 cm³/mol. The quantitative estimate of drug-likeness (QED) is 0.854. The van der Waals surface area contributed by atoms with Gasteiger partial charge in [-0.25, -0.2) is 0 Å². The second-order valence-electron chi connectivity index (χ2n) is 5.42. The molecule has 1 aliphatic heterocycles. The molecule has 3 N–H and O–H groups in total. The Balaban J connectivity index is 1.93. The fourth-order valence-corrected chi connectivity index (χ4v) is 3.49. The van der Waals surface area contributed by atoms with Gasteiger partial charge in [0.15, 0.2) is 0 Å². The maximum Gasteiger partial charge on any atom is 0.224 e. The summed E-state index contributed by atoms with van der Waals surface area (Å²) in [5, 5.41) is 4.98. The van der Waals surface area contributed by atoms with E-state index in [0.717, 1.165) is 23.4 Å². The molecule has 21 heavy (non-hydrogen) atoms. The Bertz CT molecular complexity index is 666. The number of anilines is 3. The lowest BCUT2D eigenvalue weighted by molar-refractivity contribution is -0.116. The monoisotopic (exact) mass is 301 g/mol. The number of amides is 1. The molecule has 0 radical (unpaired) electrons. The number of carbonyl (C=O) groups is 1. The maximum atomic E-state index is 11.5. The normalized spacial score (nSPS) is 15.2. The molecule has 1 aromatic carbocycles. The molecule has 3 rings (SSSR count). The Hall–Kier alpha value is -2.01. The lowest BCUT2D eigenvalue weighted by atomic mass is 10.0. The summed E-state index contributed by atoms with van der Waals surface area (Å²) in [5.74, 6) is 0.0648. The fourth-order valence-electron chi connectivity index (χ4n) is 2.67. The molecule has 1 aliphatic rings. The van der Waals surface area contributed by atoms with E-state index in [4.69, 9.17) is 5.73 Å². The molecule has 0 spiro atoms. The first-order valence-corrected chi connectivity index (χ1v) is 7.92. The van der Waals surface area contributed by atoms with Crippen molar-refractivity contribution in [3.05, 3.63) is 40.1 Å². The molecule has 0 fully saturated rings. The van der Waals surface area contributed by atoms with Crippen molar-refractivity contribution in [2.75, 3.05) is 23.0 Å². The fraction of sp³-hybridized carbons (Fsp3) is 0.312. The number of thiophene rings is 1. The van der Waals surface area contributed by atoms with Crippen LogP contribution in [0.25, 0.3) is 0 Å². The van der Waals surface area contributed by atoms with Crippen molar-refractivity contribution < 1.29 is 4.79 Å². The van der Waals surface area contributed by atoms with Crippen LogP contribution in [0.1, 0.15) is 29.8 Å². The average Bonchev–Trinajstić information content (AvgIpc) is 2.99. The number of nitrogens with zero attached hydrogens (tertiary/aromatic N) is 1. The van der Waals surface area contributed by atoms with Crippen molar-refractivity contribution in [2.24, 2.45) is 0 Å². The van der Waals surface area contributed by atoms with Gasteiger partial charge in [-0.3, -0.25) is 4.79 Å². The van der Waals surface area contributed by atoms with Crippen molar-refractivity contribution >= 4 is 34.3 Å². The minimum absolute atomic E-state index is 0.0648. The lowest BCUT2D eigenvalue weighted by Crippen LogP contribution is -2.24. The minimum Gasteiger partial charge on any atom is -0.397 e. The Kier molecular flexibility index (Phi) is 3.59. The minimum atomic E-state index is 0.0648. The summed E-state index contributed by atoms with van der Waals surface area (Å²) in [4.78, 5) is 15.0. The SMILES string of the molecule is CC(c1cccs1)N(C)c1cc2c(cc1N)NC(=O)CC2. The summed E-state index contributed by atoms with van der Waals surface area (Å²) >= 11 is 1.75. The zero-order valence-electron chi connectivity index (χ0n) is 12.2. The summed E-state index contributed by atoms with van der Waals surface area (Å²) in [6.45, 7) is 2.17. The molecule has 0 saturated carbocycles. The second kappa shape index (κ2) is 5.41. The number of hydrogen-bond donors (Lipinski definition) is 2. The lowest BCUT2D eigenvalue weighted by Gasteiger charge is -2.29. The van der Waals surface area contributed by atoms with Crippen LogP contribution in [-0.2, 0) is 11.2 Å².